The molecule has 7 heteroatoms. The smallest absolute Gasteiger partial charge is 0.253 e. The molecule has 0 saturated carbocycles. The lowest BCUT2D eigenvalue weighted by Crippen LogP contribution is -2.36. The third-order valence-corrected chi connectivity index (χ3v) is 4.82. The molecule has 1 heterocycles. The zero-order valence-electron chi connectivity index (χ0n) is 16.2. The monoisotopic (exact) mass is 405 g/mol. The molecule has 1 saturated heterocycles. The molecule has 1 aliphatic rings. The number of piperidine rings is 1. The molecule has 0 spiro atoms. The summed E-state index contributed by atoms with van der Waals surface area (Å²) in [6.45, 7) is 4.27. The van der Waals surface area contributed by atoms with E-state index in [9.17, 15) is 9.59 Å². The quantitative estimate of drug-likeness (QED) is 0.494. The molecule has 152 valence electrons. The van der Waals surface area contributed by atoms with E-state index in [1.165, 1.54) is 37.9 Å². The van der Waals surface area contributed by atoms with Gasteiger partial charge >= 0.3 is 0 Å². The standard InChI is InChI=1S/C21H27N3O3.ClH/c1-22-18-19(21(26)20(18)25)23-10-3-6-13-27-17-9-7-8-16(14-17)15-24-11-4-2-5-12-24;/h3,6-9,14,22-23H,2,4-5,10-13,15H2,1H3;1H/b6-3-;. The summed E-state index contributed by atoms with van der Waals surface area (Å²) in [5, 5.41) is 5.69. The molecule has 2 N–H and O–H groups in total. The van der Waals surface area contributed by atoms with Crippen molar-refractivity contribution < 1.29 is 4.74 Å². The second-order valence-electron chi connectivity index (χ2n) is 6.81. The number of hydrogen-bond acceptors (Lipinski definition) is 6. The van der Waals surface area contributed by atoms with Crippen LogP contribution in [0, 0.1) is 0 Å². The Kier molecular flexibility index (Phi) is 8.54. The van der Waals surface area contributed by atoms with Gasteiger partial charge in [-0.05, 0) is 49.7 Å². The average molecular weight is 406 g/mol. The fourth-order valence-corrected chi connectivity index (χ4v) is 3.36. The van der Waals surface area contributed by atoms with Gasteiger partial charge in [-0.3, -0.25) is 14.5 Å². The maximum atomic E-state index is 11.4. The van der Waals surface area contributed by atoms with Crippen molar-refractivity contribution >= 4 is 23.8 Å². The first kappa shape index (κ1) is 22.0. The lowest BCUT2D eigenvalue weighted by molar-refractivity contribution is 0.220. The molecule has 0 radical (unpaired) electrons. The first-order valence-corrected chi connectivity index (χ1v) is 9.53. The summed E-state index contributed by atoms with van der Waals surface area (Å²) in [6.07, 6.45) is 7.71. The predicted octanol–water partition coefficient (Wildman–Crippen LogP) is 2.78. The van der Waals surface area contributed by atoms with Crippen LogP contribution in [-0.2, 0) is 6.54 Å². The van der Waals surface area contributed by atoms with Gasteiger partial charge < -0.3 is 15.4 Å². The second kappa shape index (κ2) is 10.9. The molecular weight excluding hydrogens is 378 g/mol. The molecule has 0 atom stereocenters. The Bertz CT molecular complexity index is 853. The fraction of sp³-hybridized carbons (Fsp3) is 0.429. The van der Waals surface area contributed by atoms with Crippen LogP contribution in [0.5, 0.6) is 5.75 Å². The Balaban J connectivity index is 0.00000280. The van der Waals surface area contributed by atoms with E-state index in [2.05, 4.69) is 27.7 Å². The molecule has 2 aromatic carbocycles. The number of anilines is 2. The maximum Gasteiger partial charge on any atom is 0.253 e. The molecule has 2 aromatic rings. The van der Waals surface area contributed by atoms with Gasteiger partial charge in [0.2, 0.25) is 0 Å². The van der Waals surface area contributed by atoms with Gasteiger partial charge in [0, 0.05) is 20.1 Å². The van der Waals surface area contributed by atoms with Gasteiger partial charge in [-0.2, -0.15) is 0 Å². The number of ether oxygens (including phenoxy) is 1. The molecule has 3 rings (SSSR count). The molecule has 0 unspecified atom stereocenters. The molecule has 0 bridgehead atoms. The van der Waals surface area contributed by atoms with E-state index >= 15 is 0 Å². The van der Waals surface area contributed by atoms with Crippen LogP contribution in [0.2, 0.25) is 0 Å². The summed E-state index contributed by atoms with van der Waals surface area (Å²) < 4.78 is 5.79. The van der Waals surface area contributed by atoms with Crippen molar-refractivity contribution in [3.63, 3.8) is 0 Å². The van der Waals surface area contributed by atoms with Crippen molar-refractivity contribution in [2.45, 2.75) is 25.8 Å². The topological polar surface area (TPSA) is 70.7 Å². The summed E-state index contributed by atoms with van der Waals surface area (Å²) in [5.74, 6) is 0.863. The second-order valence-corrected chi connectivity index (χ2v) is 6.81. The molecule has 0 amide bonds. The summed E-state index contributed by atoms with van der Waals surface area (Å²) >= 11 is 0. The minimum absolute atomic E-state index is 0. The highest BCUT2D eigenvalue weighted by Crippen LogP contribution is 2.17. The SMILES string of the molecule is CNc1c(NC/C=C\COc2cccc(CN3CCCCC3)c2)c(=O)c1=O.Cl. The van der Waals surface area contributed by atoms with Crippen LogP contribution in [-0.4, -0.2) is 38.2 Å². The number of rotatable bonds is 9. The van der Waals surface area contributed by atoms with Crippen molar-refractivity contribution in [2.24, 2.45) is 0 Å². The van der Waals surface area contributed by atoms with Crippen LogP contribution in [0.4, 0.5) is 11.4 Å². The largest absolute Gasteiger partial charge is 0.490 e. The van der Waals surface area contributed by atoms with Crippen LogP contribution < -0.4 is 26.2 Å². The first-order chi connectivity index (χ1) is 13.2. The van der Waals surface area contributed by atoms with E-state index < -0.39 is 10.9 Å². The highest BCUT2D eigenvalue weighted by atomic mass is 35.5. The third-order valence-electron chi connectivity index (χ3n) is 4.82. The zero-order valence-corrected chi connectivity index (χ0v) is 17.0. The van der Waals surface area contributed by atoms with Gasteiger partial charge in [0.1, 0.15) is 23.7 Å². The van der Waals surface area contributed by atoms with E-state index in [-0.39, 0.29) is 12.4 Å². The van der Waals surface area contributed by atoms with Crippen LogP contribution >= 0.6 is 12.4 Å². The van der Waals surface area contributed by atoms with Crippen molar-refractivity contribution in [2.75, 3.05) is 43.9 Å². The highest BCUT2D eigenvalue weighted by Gasteiger charge is 2.18. The summed E-state index contributed by atoms with van der Waals surface area (Å²) in [6, 6.07) is 8.24. The Morgan fingerprint density at radius 1 is 1.07 bits per heavy atom. The van der Waals surface area contributed by atoms with Gasteiger partial charge in [-0.1, -0.05) is 24.6 Å². The van der Waals surface area contributed by atoms with E-state index in [1.54, 1.807) is 7.05 Å². The van der Waals surface area contributed by atoms with Gasteiger partial charge in [0.05, 0.1) is 0 Å². The number of nitrogens with one attached hydrogen (secondary N) is 2. The molecule has 1 aliphatic heterocycles. The van der Waals surface area contributed by atoms with Crippen molar-refractivity contribution in [1.29, 1.82) is 0 Å². The van der Waals surface area contributed by atoms with Crippen molar-refractivity contribution in [1.82, 2.24) is 4.90 Å². The summed E-state index contributed by atoms with van der Waals surface area (Å²) in [7, 11) is 1.63. The van der Waals surface area contributed by atoms with Gasteiger partial charge in [0.25, 0.3) is 10.9 Å². The van der Waals surface area contributed by atoms with Crippen LogP contribution in [0.3, 0.4) is 0 Å². The van der Waals surface area contributed by atoms with E-state index in [4.69, 9.17) is 4.74 Å². The molecule has 1 fully saturated rings. The number of nitrogens with zero attached hydrogens (tertiary/aromatic N) is 1. The fourth-order valence-electron chi connectivity index (χ4n) is 3.36. The van der Waals surface area contributed by atoms with Crippen molar-refractivity contribution in [3.05, 3.63) is 62.4 Å². The highest BCUT2D eigenvalue weighted by molar-refractivity contribution is 5.85. The van der Waals surface area contributed by atoms with E-state index in [0.29, 0.717) is 24.5 Å². The Labute approximate surface area is 171 Å². The Hall–Kier alpha value is -2.31. The van der Waals surface area contributed by atoms with Gasteiger partial charge in [-0.25, -0.2) is 0 Å². The van der Waals surface area contributed by atoms with Crippen LogP contribution in [0.1, 0.15) is 24.8 Å². The maximum absolute atomic E-state index is 11.4. The lowest BCUT2D eigenvalue weighted by Gasteiger charge is -2.26. The number of halogens is 1. The Morgan fingerprint density at radius 3 is 2.57 bits per heavy atom. The minimum Gasteiger partial charge on any atom is -0.490 e. The van der Waals surface area contributed by atoms with Gasteiger partial charge in [-0.15, -0.1) is 12.4 Å². The predicted molar refractivity (Wildman–Crippen MR) is 117 cm³/mol. The average Bonchev–Trinajstić information content (AvgIpc) is 2.70. The molecule has 0 aliphatic carbocycles. The van der Waals surface area contributed by atoms with Gasteiger partial charge in [0.15, 0.2) is 0 Å². The lowest BCUT2D eigenvalue weighted by atomic mass is 10.1. The molecule has 0 aromatic heterocycles. The third kappa shape index (κ3) is 5.59. The first-order valence-electron chi connectivity index (χ1n) is 9.53. The van der Waals surface area contributed by atoms with E-state index in [1.807, 2.05) is 24.3 Å². The van der Waals surface area contributed by atoms with Crippen molar-refractivity contribution in [3.8, 4) is 5.75 Å². The molecular formula is C21H28ClN3O3. The molecule has 6 nitrogen and oxygen atoms in total. The summed E-state index contributed by atoms with van der Waals surface area (Å²) in [5.41, 5.74) is 1.07. The van der Waals surface area contributed by atoms with E-state index in [0.717, 1.165) is 12.3 Å². The Morgan fingerprint density at radius 2 is 1.82 bits per heavy atom. The number of benzene rings is 1. The number of hydrogen-bond donors (Lipinski definition) is 2. The minimum atomic E-state index is -0.463. The normalized spacial score (nSPS) is 14.8. The zero-order chi connectivity index (χ0) is 19.1. The van der Waals surface area contributed by atoms with Crippen LogP contribution in [0.25, 0.3) is 0 Å². The molecule has 28 heavy (non-hydrogen) atoms. The number of likely N-dealkylation sites (tertiary alicyclic amines) is 1. The summed E-state index contributed by atoms with van der Waals surface area (Å²) in [4.78, 5) is 25.2. The van der Waals surface area contributed by atoms with Crippen LogP contribution in [0.15, 0.2) is 46.0 Å².